The summed E-state index contributed by atoms with van der Waals surface area (Å²) in [5.41, 5.74) is -0.413. The Morgan fingerprint density at radius 3 is 2.59 bits per heavy atom. The first-order valence-electron chi connectivity index (χ1n) is 9.06. The highest BCUT2D eigenvalue weighted by Gasteiger charge is 2.34. The van der Waals surface area contributed by atoms with Crippen LogP contribution < -0.4 is 5.32 Å². The molecule has 4 nitrogen and oxygen atoms in total. The Morgan fingerprint density at radius 2 is 2.00 bits per heavy atom. The van der Waals surface area contributed by atoms with Crippen molar-refractivity contribution in [3.63, 3.8) is 0 Å². The van der Waals surface area contributed by atoms with Crippen LogP contribution >= 0.6 is 0 Å². The number of likely N-dealkylation sites (tertiary alicyclic amines) is 1. The summed E-state index contributed by atoms with van der Waals surface area (Å²) in [5, 5.41) is 3.88. The zero-order valence-corrected chi connectivity index (χ0v) is 15.0. The van der Waals surface area contributed by atoms with Crippen molar-refractivity contribution in [1.29, 1.82) is 0 Å². The maximum atomic E-state index is 12.3. The normalized spacial score (nSPS) is 33.0. The Balaban J connectivity index is 1.83. The van der Waals surface area contributed by atoms with E-state index in [1.807, 2.05) is 25.7 Å². The molecule has 1 N–H and O–H groups in total. The lowest BCUT2D eigenvalue weighted by atomic mass is 9.94. The second-order valence-electron chi connectivity index (χ2n) is 8.12. The van der Waals surface area contributed by atoms with E-state index in [0.717, 1.165) is 25.3 Å². The summed E-state index contributed by atoms with van der Waals surface area (Å²) in [6.07, 6.45) is 7.25. The standard InChI is InChI=1S/C18H34N2O2/c1-6-14-8-7-9-16(14)19-15-10-11-20(13(2)12-15)17(21)22-18(3,4)5/h13-16,19H,6-12H2,1-5H3. The monoisotopic (exact) mass is 310 g/mol. The molecule has 4 heteroatoms. The van der Waals surface area contributed by atoms with Gasteiger partial charge in [-0.1, -0.05) is 19.8 Å². The summed E-state index contributed by atoms with van der Waals surface area (Å²) in [6.45, 7) is 11.0. The maximum Gasteiger partial charge on any atom is 0.410 e. The van der Waals surface area contributed by atoms with Crippen LogP contribution in [0.15, 0.2) is 0 Å². The highest BCUT2D eigenvalue weighted by molar-refractivity contribution is 5.68. The third-order valence-electron chi connectivity index (χ3n) is 5.14. The van der Waals surface area contributed by atoms with Gasteiger partial charge in [0.2, 0.25) is 0 Å². The molecule has 0 spiro atoms. The number of ether oxygens (including phenoxy) is 1. The number of nitrogens with one attached hydrogen (secondary N) is 1. The van der Waals surface area contributed by atoms with Crippen molar-refractivity contribution in [3.05, 3.63) is 0 Å². The van der Waals surface area contributed by atoms with Gasteiger partial charge in [0.1, 0.15) is 5.60 Å². The smallest absolute Gasteiger partial charge is 0.410 e. The van der Waals surface area contributed by atoms with E-state index in [-0.39, 0.29) is 12.1 Å². The number of hydrogen-bond donors (Lipinski definition) is 1. The Labute approximate surface area is 136 Å². The number of carbonyl (C=O) groups is 1. The van der Waals surface area contributed by atoms with E-state index >= 15 is 0 Å². The average molecular weight is 310 g/mol. The minimum absolute atomic E-state index is 0.161. The molecule has 1 aliphatic carbocycles. The van der Waals surface area contributed by atoms with E-state index in [2.05, 4.69) is 19.2 Å². The lowest BCUT2D eigenvalue weighted by Crippen LogP contribution is -2.53. The first-order chi connectivity index (χ1) is 10.3. The van der Waals surface area contributed by atoms with Gasteiger partial charge in [-0.15, -0.1) is 0 Å². The van der Waals surface area contributed by atoms with E-state index in [0.29, 0.717) is 12.1 Å². The first kappa shape index (κ1) is 17.6. The van der Waals surface area contributed by atoms with Crippen LogP contribution in [0.3, 0.4) is 0 Å². The molecule has 1 aliphatic heterocycles. The fourth-order valence-corrected chi connectivity index (χ4v) is 3.96. The van der Waals surface area contributed by atoms with Crippen molar-refractivity contribution >= 4 is 6.09 Å². The van der Waals surface area contributed by atoms with E-state index < -0.39 is 5.60 Å². The van der Waals surface area contributed by atoms with Crippen molar-refractivity contribution in [2.24, 2.45) is 5.92 Å². The zero-order chi connectivity index (χ0) is 16.3. The molecule has 4 unspecified atom stereocenters. The molecule has 22 heavy (non-hydrogen) atoms. The Morgan fingerprint density at radius 1 is 1.27 bits per heavy atom. The first-order valence-corrected chi connectivity index (χ1v) is 9.06. The van der Waals surface area contributed by atoms with Crippen molar-refractivity contribution in [3.8, 4) is 0 Å². The fourth-order valence-electron chi connectivity index (χ4n) is 3.96. The molecule has 2 fully saturated rings. The predicted octanol–water partition coefficient (Wildman–Crippen LogP) is 3.94. The summed E-state index contributed by atoms with van der Waals surface area (Å²) in [5.74, 6) is 0.846. The molecule has 2 rings (SSSR count). The number of amides is 1. The molecule has 128 valence electrons. The van der Waals surface area contributed by atoms with Crippen molar-refractivity contribution in [2.75, 3.05) is 6.54 Å². The molecule has 1 saturated heterocycles. The van der Waals surface area contributed by atoms with Crippen LogP contribution in [-0.4, -0.2) is 41.3 Å². The molecular formula is C18H34N2O2. The number of hydrogen-bond acceptors (Lipinski definition) is 3. The van der Waals surface area contributed by atoms with Gasteiger partial charge in [-0.2, -0.15) is 0 Å². The quantitative estimate of drug-likeness (QED) is 0.858. The summed E-state index contributed by atoms with van der Waals surface area (Å²) >= 11 is 0. The van der Waals surface area contributed by atoms with E-state index in [1.54, 1.807) is 0 Å². The molecule has 1 saturated carbocycles. The average Bonchev–Trinajstić information content (AvgIpc) is 2.83. The third-order valence-corrected chi connectivity index (χ3v) is 5.14. The third kappa shape index (κ3) is 4.61. The number of carbonyl (C=O) groups excluding carboxylic acids is 1. The lowest BCUT2D eigenvalue weighted by molar-refractivity contribution is 0.00879. The number of nitrogens with zero attached hydrogens (tertiary/aromatic N) is 1. The van der Waals surface area contributed by atoms with E-state index in [9.17, 15) is 4.79 Å². The van der Waals surface area contributed by atoms with Crippen molar-refractivity contribution < 1.29 is 9.53 Å². The molecule has 1 heterocycles. The summed E-state index contributed by atoms with van der Waals surface area (Å²) in [4.78, 5) is 14.2. The Bertz CT molecular complexity index is 378. The van der Waals surface area contributed by atoms with Crippen LogP contribution in [0.1, 0.15) is 73.1 Å². The number of piperidine rings is 1. The van der Waals surface area contributed by atoms with Gasteiger partial charge in [0.05, 0.1) is 0 Å². The fraction of sp³-hybridized carbons (Fsp3) is 0.944. The molecule has 4 atom stereocenters. The summed E-state index contributed by atoms with van der Waals surface area (Å²) in [6, 6.07) is 1.49. The van der Waals surface area contributed by atoms with Gasteiger partial charge in [0.25, 0.3) is 0 Å². The molecule has 0 aromatic heterocycles. The van der Waals surface area contributed by atoms with Gasteiger partial charge in [-0.25, -0.2) is 4.79 Å². The zero-order valence-electron chi connectivity index (χ0n) is 15.0. The molecule has 0 aromatic carbocycles. The molecule has 0 radical (unpaired) electrons. The Hall–Kier alpha value is -0.770. The SMILES string of the molecule is CCC1CCCC1NC1CCN(C(=O)OC(C)(C)C)C(C)C1. The van der Waals surface area contributed by atoms with Crippen LogP contribution in [-0.2, 0) is 4.74 Å². The highest BCUT2D eigenvalue weighted by atomic mass is 16.6. The second-order valence-corrected chi connectivity index (χ2v) is 8.12. The minimum Gasteiger partial charge on any atom is -0.444 e. The molecule has 1 amide bonds. The van der Waals surface area contributed by atoms with Crippen molar-refractivity contribution in [1.82, 2.24) is 10.2 Å². The Kier molecular flexibility index (Phi) is 5.76. The second kappa shape index (κ2) is 7.20. The highest BCUT2D eigenvalue weighted by Crippen LogP contribution is 2.30. The maximum absolute atomic E-state index is 12.3. The van der Waals surface area contributed by atoms with Gasteiger partial charge >= 0.3 is 6.09 Å². The summed E-state index contributed by atoms with van der Waals surface area (Å²) < 4.78 is 5.52. The van der Waals surface area contributed by atoms with Gasteiger partial charge in [-0.05, 0) is 59.3 Å². The lowest BCUT2D eigenvalue weighted by Gasteiger charge is -2.40. The number of rotatable bonds is 3. The van der Waals surface area contributed by atoms with Gasteiger partial charge in [0.15, 0.2) is 0 Å². The van der Waals surface area contributed by atoms with E-state index in [4.69, 9.17) is 4.74 Å². The summed E-state index contributed by atoms with van der Waals surface area (Å²) in [7, 11) is 0. The van der Waals surface area contributed by atoms with Gasteiger partial charge in [-0.3, -0.25) is 0 Å². The van der Waals surface area contributed by atoms with Crippen LogP contribution in [0.25, 0.3) is 0 Å². The van der Waals surface area contributed by atoms with Crippen molar-refractivity contribution in [2.45, 2.75) is 96.9 Å². The van der Waals surface area contributed by atoms with E-state index in [1.165, 1.54) is 25.7 Å². The molecule has 0 bridgehead atoms. The topological polar surface area (TPSA) is 41.6 Å². The van der Waals surface area contributed by atoms with Crippen LogP contribution in [0.5, 0.6) is 0 Å². The minimum atomic E-state index is -0.413. The van der Waals surface area contributed by atoms with Gasteiger partial charge < -0.3 is 15.0 Å². The van der Waals surface area contributed by atoms with Crippen LogP contribution in [0.4, 0.5) is 4.79 Å². The molecule has 0 aromatic rings. The van der Waals surface area contributed by atoms with Crippen LogP contribution in [0, 0.1) is 5.92 Å². The molecule has 2 aliphatic rings. The predicted molar refractivity (Wildman–Crippen MR) is 90.0 cm³/mol. The van der Waals surface area contributed by atoms with Crippen LogP contribution in [0.2, 0.25) is 0 Å². The molecular weight excluding hydrogens is 276 g/mol. The van der Waals surface area contributed by atoms with Gasteiger partial charge in [0, 0.05) is 24.7 Å². The largest absolute Gasteiger partial charge is 0.444 e.